The van der Waals surface area contributed by atoms with E-state index in [1.165, 1.54) is 0 Å². The van der Waals surface area contributed by atoms with Crippen LogP contribution >= 0.6 is 12.6 Å². The van der Waals surface area contributed by atoms with Crippen LogP contribution in [0.5, 0.6) is 5.75 Å². The Kier molecular flexibility index (Phi) is 1.59. The first-order chi connectivity index (χ1) is 5.79. The van der Waals surface area contributed by atoms with Crippen molar-refractivity contribution < 1.29 is 4.74 Å². The molecule has 0 radical (unpaired) electrons. The van der Waals surface area contributed by atoms with Crippen LogP contribution in [0.4, 0.5) is 5.69 Å². The summed E-state index contributed by atoms with van der Waals surface area (Å²) in [4.78, 5) is 0. The minimum absolute atomic E-state index is 0.297. The Balaban J connectivity index is 2.44. The van der Waals surface area contributed by atoms with Crippen molar-refractivity contribution in [2.75, 3.05) is 5.32 Å². The zero-order chi connectivity index (χ0) is 8.55. The molecule has 60 valence electrons. The fraction of sp³-hybridized carbons (Fsp3) is 0.125. The molecule has 1 aliphatic rings. The van der Waals surface area contributed by atoms with Gasteiger partial charge in [0.25, 0.3) is 0 Å². The summed E-state index contributed by atoms with van der Waals surface area (Å²) in [5.41, 5.74) is 1.18. The van der Waals surface area contributed by atoms with Gasteiger partial charge in [-0.25, -0.2) is 0 Å². The highest BCUT2D eigenvalue weighted by Crippen LogP contribution is 2.33. The summed E-state index contributed by atoms with van der Waals surface area (Å²) in [6.07, 6.45) is 0. The van der Waals surface area contributed by atoms with Crippen molar-refractivity contribution in [2.45, 2.75) is 5.56 Å². The van der Waals surface area contributed by atoms with Gasteiger partial charge in [0.1, 0.15) is 5.75 Å². The highest BCUT2D eigenvalue weighted by atomic mass is 32.1. The maximum Gasteiger partial charge on any atom is 0.216 e. The summed E-state index contributed by atoms with van der Waals surface area (Å²) in [7, 11) is 0. The van der Waals surface area contributed by atoms with Crippen molar-refractivity contribution in [3.8, 4) is 11.8 Å². The number of nitrogens with one attached hydrogen (secondary N) is 1. The Morgan fingerprint density at radius 1 is 1.58 bits per heavy atom. The Labute approximate surface area is 75.4 Å². The first kappa shape index (κ1) is 7.32. The molecule has 0 bridgehead atoms. The Morgan fingerprint density at radius 2 is 2.42 bits per heavy atom. The van der Waals surface area contributed by atoms with Crippen molar-refractivity contribution in [1.29, 1.82) is 5.26 Å². The number of thiol groups is 1. The maximum absolute atomic E-state index is 8.59. The molecule has 12 heavy (non-hydrogen) atoms. The molecule has 1 N–H and O–H groups in total. The van der Waals surface area contributed by atoms with Crippen molar-refractivity contribution in [3.05, 3.63) is 23.8 Å². The predicted molar refractivity (Wildman–Crippen MR) is 48.2 cm³/mol. The summed E-state index contributed by atoms with van der Waals surface area (Å²) < 4.78 is 5.25. The van der Waals surface area contributed by atoms with E-state index in [9.17, 15) is 0 Å². The van der Waals surface area contributed by atoms with Gasteiger partial charge in [0, 0.05) is 6.07 Å². The summed E-state index contributed by atoms with van der Waals surface area (Å²) in [6, 6.07) is 7.28. The number of hydrogen-bond acceptors (Lipinski definition) is 4. The number of rotatable bonds is 0. The van der Waals surface area contributed by atoms with E-state index in [1.54, 1.807) is 12.1 Å². The number of nitrogens with zero attached hydrogens (tertiary/aromatic N) is 1. The van der Waals surface area contributed by atoms with E-state index in [2.05, 4.69) is 17.9 Å². The van der Waals surface area contributed by atoms with Crippen LogP contribution in [-0.4, -0.2) is 5.56 Å². The third kappa shape index (κ3) is 1.08. The smallest absolute Gasteiger partial charge is 0.216 e. The SMILES string of the molecule is N#Cc1ccc2c(c1)OC(S)N2. The number of hydrogen-bond donors (Lipinski definition) is 2. The lowest BCUT2D eigenvalue weighted by Gasteiger charge is -1.99. The zero-order valence-corrected chi connectivity index (χ0v) is 7.01. The third-order valence-electron chi connectivity index (χ3n) is 1.63. The second-order valence-corrected chi connectivity index (χ2v) is 2.91. The van der Waals surface area contributed by atoms with Crippen LogP contribution in [0.1, 0.15) is 5.56 Å². The molecule has 0 fully saturated rings. The molecule has 0 spiro atoms. The van der Waals surface area contributed by atoms with Gasteiger partial charge in [0.15, 0.2) is 0 Å². The van der Waals surface area contributed by atoms with Crippen LogP contribution in [0.15, 0.2) is 18.2 Å². The van der Waals surface area contributed by atoms with Crippen molar-refractivity contribution in [1.82, 2.24) is 0 Å². The molecule has 1 aliphatic heterocycles. The minimum atomic E-state index is -0.297. The molecule has 2 rings (SSSR count). The van der Waals surface area contributed by atoms with Gasteiger partial charge < -0.3 is 10.1 Å². The van der Waals surface area contributed by atoms with Gasteiger partial charge in [-0.2, -0.15) is 5.26 Å². The van der Waals surface area contributed by atoms with Gasteiger partial charge in [0.2, 0.25) is 5.56 Å². The molecular formula is C8H6N2OS. The number of fused-ring (bicyclic) bond motifs is 1. The van der Waals surface area contributed by atoms with Crippen LogP contribution < -0.4 is 10.1 Å². The van der Waals surface area contributed by atoms with Crippen molar-refractivity contribution >= 4 is 18.3 Å². The van der Waals surface area contributed by atoms with E-state index in [0.29, 0.717) is 11.3 Å². The normalized spacial score (nSPS) is 18.8. The average Bonchev–Trinajstić information content (AvgIpc) is 2.43. The van der Waals surface area contributed by atoms with E-state index in [4.69, 9.17) is 10.00 Å². The summed E-state index contributed by atoms with van der Waals surface area (Å²) >= 11 is 4.08. The van der Waals surface area contributed by atoms with Gasteiger partial charge in [0.05, 0.1) is 17.3 Å². The molecule has 1 unspecified atom stereocenters. The van der Waals surface area contributed by atoms with Crippen LogP contribution in [-0.2, 0) is 0 Å². The van der Waals surface area contributed by atoms with Gasteiger partial charge in [-0.05, 0) is 12.1 Å². The average molecular weight is 178 g/mol. The Bertz CT molecular complexity index is 359. The summed E-state index contributed by atoms with van der Waals surface area (Å²) in [5.74, 6) is 0.689. The number of nitriles is 1. The largest absolute Gasteiger partial charge is 0.459 e. The Hall–Kier alpha value is -1.34. The predicted octanol–water partition coefficient (Wildman–Crippen LogP) is 1.58. The van der Waals surface area contributed by atoms with Gasteiger partial charge in [-0.3, -0.25) is 0 Å². The zero-order valence-electron chi connectivity index (χ0n) is 6.11. The molecule has 1 aromatic carbocycles. The monoisotopic (exact) mass is 178 g/mol. The number of benzene rings is 1. The lowest BCUT2D eigenvalue weighted by atomic mass is 10.2. The van der Waals surface area contributed by atoms with E-state index >= 15 is 0 Å². The molecule has 1 heterocycles. The van der Waals surface area contributed by atoms with Gasteiger partial charge in [-0.1, -0.05) is 0 Å². The highest BCUT2D eigenvalue weighted by Gasteiger charge is 2.17. The topological polar surface area (TPSA) is 45.0 Å². The minimum Gasteiger partial charge on any atom is -0.459 e. The van der Waals surface area contributed by atoms with Crippen LogP contribution in [0, 0.1) is 11.3 Å². The van der Waals surface area contributed by atoms with E-state index < -0.39 is 0 Å². The summed E-state index contributed by atoms with van der Waals surface area (Å²) in [6.45, 7) is 0. The maximum atomic E-state index is 8.59. The molecule has 3 nitrogen and oxygen atoms in total. The standard InChI is InChI=1S/C8H6N2OS/c9-4-5-1-2-6-7(3-5)11-8(12)10-6/h1-3,8,10,12H. The fourth-order valence-corrected chi connectivity index (χ4v) is 1.34. The molecule has 0 aromatic heterocycles. The molecule has 0 saturated carbocycles. The first-order valence-electron chi connectivity index (χ1n) is 3.45. The second kappa shape index (κ2) is 2.61. The Morgan fingerprint density at radius 3 is 3.17 bits per heavy atom. The van der Waals surface area contributed by atoms with Gasteiger partial charge in [-0.15, -0.1) is 12.6 Å². The lowest BCUT2D eigenvalue weighted by molar-refractivity contribution is 0.342. The summed E-state index contributed by atoms with van der Waals surface area (Å²) in [5, 5.41) is 11.6. The van der Waals surface area contributed by atoms with E-state index in [-0.39, 0.29) is 5.56 Å². The molecule has 1 atom stereocenters. The number of ether oxygens (including phenoxy) is 1. The van der Waals surface area contributed by atoms with Crippen LogP contribution in [0.3, 0.4) is 0 Å². The van der Waals surface area contributed by atoms with Crippen molar-refractivity contribution in [2.24, 2.45) is 0 Å². The fourth-order valence-electron chi connectivity index (χ4n) is 1.09. The highest BCUT2D eigenvalue weighted by molar-refractivity contribution is 7.80. The van der Waals surface area contributed by atoms with Crippen LogP contribution in [0.2, 0.25) is 0 Å². The molecule has 0 aliphatic carbocycles. The lowest BCUT2D eigenvalue weighted by Crippen LogP contribution is -2.10. The second-order valence-electron chi connectivity index (χ2n) is 2.44. The molecule has 1 aromatic rings. The molecular weight excluding hydrogens is 172 g/mol. The van der Waals surface area contributed by atoms with Crippen molar-refractivity contribution in [3.63, 3.8) is 0 Å². The van der Waals surface area contributed by atoms with E-state index in [0.717, 1.165) is 5.69 Å². The molecule has 0 amide bonds. The molecule has 0 saturated heterocycles. The van der Waals surface area contributed by atoms with E-state index in [1.807, 2.05) is 12.1 Å². The molecule has 4 heteroatoms. The van der Waals surface area contributed by atoms with Gasteiger partial charge >= 0.3 is 0 Å². The first-order valence-corrected chi connectivity index (χ1v) is 3.96. The quantitative estimate of drug-likeness (QED) is 0.593. The van der Waals surface area contributed by atoms with Crippen LogP contribution in [0.25, 0.3) is 0 Å². The number of anilines is 1. The third-order valence-corrected chi connectivity index (χ3v) is 1.86.